The third kappa shape index (κ3) is 3.17. The second-order valence-electron chi connectivity index (χ2n) is 4.18. The van der Waals surface area contributed by atoms with E-state index in [1.54, 1.807) is 13.0 Å². The Bertz CT molecular complexity index is 643. The number of hydrogen-bond donors (Lipinski definition) is 1. The number of rotatable bonds is 2. The smallest absolute Gasteiger partial charge is 0.256 e. The normalized spacial score (nSPS) is 10.3. The Balaban J connectivity index is 2.20. The van der Waals surface area contributed by atoms with Crippen LogP contribution in [0.3, 0.4) is 0 Å². The fourth-order valence-electron chi connectivity index (χ4n) is 1.59. The average molecular weight is 323 g/mol. The summed E-state index contributed by atoms with van der Waals surface area (Å²) in [4.78, 5) is 16.2. The lowest BCUT2D eigenvalue weighted by molar-refractivity contribution is 0.102. The van der Waals surface area contributed by atoms with Gasteiger partial charge in [0.15, 0.2) is 0 Å². The van der Waals surface area contributed by atoms with Gasteiger partial charge in [-0.05, 0) is 65.7 Å². The number of carbonyl (C=O) groups is 1. The summed E-state index contributed by atoms with van der Waals surface area (Å²) in [5, 5.41) is 2.68. The first kappa shape index (κ1) is 13.7. The molecule has 1 amide bonds. The Morgan fingerprint density at radius 2 is 2.00 bits per heavy atom. The molecule has 19 heavy (non-hydrogen) atoms. The predicted octanol–water partition coefficient (Wildman–Crippen LogP) is 3.85. The number of pyridine rings is 1. The molecule has 0 aliphatic heterocycles. The number of carbonyl (C=O) groups excluding carboxylic acids is 1. The topological polar surface area (TPSA) is 42.0 Å². The number of nitrogens with zero attached hydrogens (tertiary/aromatic N) is 1. The minimum Gasteiger partial charge on any atom is -0.307 e. The lowest BCUT2D eigenvalue weighted by Gasteiger charge is -2.07. The van der Waals surface area contributed by atoms with Crippen LogP contribution in [0, 0.1) is 19.7 Å². The van der Waals surface area contributed by atoms with E-state index >= 15 is 0 Å². The maximum Gasteiger partial charge on any atom is 0.256 e. The highest BCUT2D eigenvalue weighted by atomic mass is 79.9. The molecule has 0 aliphatic carbocycles. The van der Waals surface area contributed by atoms with Crippen LogP contribution in [0.5, 0.6) is 0 Å². The fourth-order valence-corrected chi connectivity index (χ4v) is 1.81. The molecule has 0 saturated carbocycles. The van der Waals surface area contributed by atoms with Crippen LogP contribution in [-0.4, -0.2) is 10.9 Å². The van der Waals surface area contributed by atoms with Crippen LogP contribution in [-0.2, 0) is 0 Å². The number of nitrogens with one attached hydrogen (secondary N) is 1. The van der Waals surface area contributed by atoms with Gasteiger partial charge in [0.05, 0.1) is 5.69 Å². The molecule has 1 aromatic heterocycles. The van der Waals surface area contributed by atoms with Gasteiger partial charge in [0.1, 0.15) is 11.6 Å². The van der Waals surface area contributed by atoms with Crippen molar-refractivity contribution in [2.75, 3.05) is 5.32 Å². The Morgan fingerprint density at radius 1 is 1.26 bits per heavy atom. The maximum atomic E-state index is 13.1. The zero-order valence-corrected chi connectivity index (χ0v) is 12.1. The van der Waals surface area contributed by atoms with Crippen molar-refractivity contribution in [2.24, 2.45) is 0 Å². The third-order valence-electron chi connectivity index (χ3n) is 2.68. The van der Waals surface area contributed by atoms with Gasteiger partial charge in [0, 0.05) is 10.0 Å². The molecular formula is C14H12BrFN2O. The van der Waals surface area contributed by atoms with Crippen LogP contribution in [0.4, 0.5) is 10.2 Å². The molecule has 0 saturated heterocycles. The molecule has 0 spiro atoms. The van der Waals surface area contributed by atoms with Crippen LogP contribution < -0.4 is 5.32 Å². The summed E-state index contributed by atoms with van der Waals surface area (Å²) in [6, 6.07) is 7.75. The van der Waals surface area contributed by atoms with Gasteiger partial charge in [-0.1, -0.05) is 0 Å². The van der Waals surface area contributed by atoms with Crippen molar-refractivity contribution in [3.63, 3.8) is 0 Å². The van der Waals surface area contributed by atoms with Crippen molar-refractivity contribution in [3.05, 3.63) is 57.4 Å². The first-order chi connectivity index (χ1) is 8.97. The number of amides is 1. The molecule has 0 aliphatic rings. The van der Waals surface area contributed by atoms with Gasteiger partial charge in [0.25, 0.3) is 5.91 Å². The quantitative estimate of drug-likeness (QED) is 0.912. The third-order valence-corrected chi connectivity index (χ3v) is 3.52. The number of aryl methyl sites for hydroxylation is 2. The number of anilines is 1. The minimum atomic E-state index is -0.325. The molecule has 1 aromatic carbocycles. The molecule has 1 heterocycles. The van der Waals surface area contributed by atoms with E-state index in [1.807, 2.05) is 13.0 Å². The van der Waals surface area contributed by atoms with E-state index in [4.69, 9.17) is 0 Å². The van der Waals surface area contributed by atoms with E-state index in [0.29, 0.717) is 16.9 Å². The second-order valence-corrected chi connectivity index (χ2v) is 5.04. The zero-order chi connectivity index (χ0) is 14.0. The molecule has 5 heteroatoms. The first-order valence-corrected chi connectivity index (χ1v) is 6.47. The molecule has 3 nitrogen and oxygen atoms in total. The molecule has 0 atom stereocenters. The molecule has 0 bridgehead atoms. The van der Waals surface area contributed by atoms with Crippen LogP contribution in [0.25, 0.3) is 0 Å². The molecule has 1 N–H and O–H groups in total. The molecule has 98 valence electrons. The van der Waals surface area contributed by atoms with Crippen molar-refractivity contribution >= 4 is 27.7 Å². The van der Waals surface area contributed by atoms with Crippen LogP contribution >= 0.6 is 15.9 Å². The van der Waals surface area contributed by atoms with Gasteiger partial charge in [-0.15, -0.1) is 0 Å². The summed E-state index contributed by atoms with van der Waals surface area (Å²) in [5.41, 5.74) is 1.63. The van der Waals surface area contributed by atoms with Crippen LogP contribution in [0.1, 0.15) is 21.6 Å². The van der Waals surface area contributed by atoms with Crippen molar-refractivity contribution in [1.82, 2.24) is 4.98 Å². The maximum absolute atomic E-state index is 13.1. The highest BCUT2D eigenvalue weighted by Crippen LogP contribution is 2.17. The van der Waals surface area contributed by atoms with Gasteiger partial charge < -0.3 is 5.32 Å². The zero-order valence-electron chi connectivity index (χ0n) is 10.5. The summed E-state index contributed by atoms with van der Waals surface area (Å²) in [5.74, 6) is -0.167. The van der Waals surface area contributed by atoms with Crippen molar-refractivity contribution in [2.45, 2.75) is 13.8 Å². The molecular weight excluding hydrogens is 311 g/mol. The number of benzene rings is 1. The Morgan fingerprint density at radius 3 is 2.63 bits per heavy atom. The Kier molecular flexibility index (Phi) is 3.95. The van der Waals surface area contributed by atoms with Gasteiger partial charge >= 0.3 is 0 Å². The van der Waals surface area contributed by atoms with Crippen LogP contribution in [0.2, 0.25) is 0 Å². The summed E-state index contributed by atoms with van der Waals surface area (Å²) in [7, 11) is 0. The summed E-state index contributed by atoms with van der Waals surface area (Å²) in [6.45, 7) is 3.45. The summed E-state index contributed by atoms with van der Waals surface area (Å²) >= 11 is 3.34. The van der Waals surface area contributed by atoms with E-state index in [0.717, 1.165) is 10.2 Å². The predicted molar refractivity (Wildman–Crippen MR) is 75.8 cm³/mol. The van der Waals surface area contributed by atoms with Crippen molar-refractivity contribution in [3.8, 4) is 0 Å². The van der Waals surface area contributed by atoms with E-state index in [1.165, 1.54) is 18.2 Å². The highest BCUT2D eigenvalue weighted by molar-refractivity contribution is 9.10. The monoisotopic (exact) mass is 322 g/mol. The number of halogens is 2. The fraction of sp³-hybridized carbons (Fsp3) is 0.143. The lowest BCUT2D eigenvalue weighted by atomic mass is 10.1. The van der Waals surface area contributed by atoms with E-state index in [-0.39, 0.29) is 11.7 Å². The van der Waals surface area contributed by atoms with Gasteiger partial charge in [-0.2, -0.15) is 0 Å². The minimum absolute atomic E-state index is 0.308. The van der Waals surface area contributed by atoms with Crippen molar-refractivity contribution in [1.29, 1.82) is 0 Å². The summed E-state index contributed by atoms with van der Waals surface area (Å²) in [6.07, 6.45) is 0. The van der Waals surface area contributed by atoms with Gasteiger partial charge in [-0.25, -0.2) is 9.37 Å². The molecule has 2 aromatic rings. The summed E-state index contributed by atoms with van der Waals surface area (Å²) < 4.78 is 14.0. The SMILES string of the molecule is Cc1cc(C(=O)Nc2ccc(Br)c(C)n2)ccc1F. The first-order valence-electron chi connectivity index (χ1n) is 5.68. The Labute approximate surface area is 119 Å². The largest absolute Gasteiger partial charge is 0.307 e. The van der Waals surface area contributed by atoms with Crippen molar-refractivity contribution < 1.29 is 9.18 Å². The van der Waals surface area contributed by atoms with Gasteiger partial charge in [0.2, 0.25) is 0 Å². The molecule has 0 fully saturated rings. The molecule has 2 rings (SSSR count). The average Bonchev–Trinajstić information content (AvgIpc) is 2.37. The van der Waals surface area contributed by atoms with E-state index < -0.39 is 0 Å². The number of aromatic nitrogens is 1. The van der Waals surface area contributed by atoms with Crippen LogP contribution in [0.15, 0.2) is 34.8 Å². The van der Waals surface area contributed by atoms with E-state index in [9.17, 15) is 9.18 Å². The highest BCUT2D eigenvalue weighted by Gasteiger charge is 2.09. The lowest BCUT2D eigenvalue weighted by Crippen LogP contribution is -2.13. The van der Waals surface area contributed by atoms with E-state index in [2.05, 4.69) is 26.2 Å². The second kappa shape index (κ2) is 5.48. The molecule has 0 unspecified atom stereocenters. The standard InChI is InChI=1S/C14H12BrFN2O/c1-8-7-10(3-5-12(8)16)14(19)18-13-6-4-11(15)9(2)17-13/h3-7H,1-2H3,(H,17,18,19). The molecule has 0 radical (unpaired) electrons. The Hall–Kier alpha value is -1.75. The van der Waals surface area contributed by atoms with Gasteiger partial charge in [-0.3, -0.25) is 4.79 Å². The number of hydrogen-bond acceptors (Lipinski definition) is 2.